The van der Waals surface area contributed by atoms with Crippen LogP contribution in [0.3, 0.4) is 0 Å². The minimum absolute atomic E-state index is 0.0410. The Labute approximate surface area is 128 Å². The highest BCUT2D eigenvalue weighted by Gasteiger charge is 2.13. The molecule has 1 heterocycles. The number of fused-ring (bicyclic) bond motifs is 1. The third kappa shape index (κ3) is 2.83. The molecule has 0 fully saturated rings. The van der Waals surface area contributed by atoms with Gasteiger partial charge in [-0.05, 0) is 24.3 Å². The molecule has 0 saturated heterocycles. The monoisotopic (exact) mass is 316 g/mol. The molecule has 3 aromatic rings. The van der Waals surface area contributed by atoms with E-state index < -0.39 is 23.0 Å². The molecule has 1 aromatic heterocycles. The first-order chi connectivity index (χ1) is 11.0. The van der Waals surface area contributed by atoms with Crippen LogP contribution in [0.25, 0.3) is 22.3 Å². The van der Waals surface area contributed by atoms with Crippen molar-refractivity contribution in [3.05, 3.63) is 69.9 Å². The number of carboxylic acids is 1. The Kier molecular flexibility index (Phi) is 3.65. The van der Waals surface area contributed by atoms with E-state index in [-0.39, 0.29) is 28.7 Å². The SMILES string of the molecule is O=C(O)Cc1cccc2c(=O)cc(-c3ccc(F)c(F)c3)oc12. The average Bonchev–Trinajstić information content (AvgIpc) is 2.50. The van der Waals surface area contributed by atoms with Crippen LogP contribution in [0.5, 0.6) is 0 Å². The zero-order chi connectivity index (χ0) is 16.6. The highest BCUT2D eigenvalue weighted by molar-refractivity contribution is 5.85. The largest absolute Gasteiger partial charge is 0.481 e. The Morgan fingerprint density at radius 2 is 1.87 bits per heavy atom. The number of carbonyl (C=O) groups is 1. The molecule has 0 unspecified atom stereocenters. The van der Waals surface area contributed by atoms with Crippen molar-refractivity contribution in [1.82, 2.24) is 0 Å². The van der Waals surface area contributed by atoms with Crippen LogP contribution in [-0.4, -0.2) is 11.1 Å². The molecular formula is C17H10F2O4. The molecule has 0 saturated carbocycles. The Morgan fingerprint density at radius 1 is 1.09 bits per heavy atom. The van der Waals surface area contributed by atoms with Crippen LogP contribution in [0.15, 0.2) is 51.7 Å². The maximum atomic E-state index is 13.4. The number of hydrogen-bond donors (Lipinski definition) is 1. The molecule has 1 N–H and O–H groups in total. The Hall–Kier alpha value is -3.02. The quantitative estimate of drug-likeness (QED) is 0.804. The van der Waals surface area contributed by atoms with Gasteiger partial charge in [-0.15, -0.1) is 0 Å². The Balaban J connectivity index is 2.25. The number of para-hydroxylation sites is 1. The number of rotatable bonds is 3. The first-order valence-electron chi connectivity index (χ1n) is 6.68. The first-order valence-corrected chi connectivity index (χ1v) is 6.68. The van der Waals surface area contributed by atoms with Crippen LogP contribution < -0.4 is 5.43 Å². The second kappa shape index (κ2) is 5.64. The van der Waals surface area contributed by atoms with Gasteiger partial charge in [-0.25, -0.2) is 8.78 Å². The number of hydrogen-bond acceptors (Lipinski definition) is 3. The van der Waals surface area contributed by atoms with Gasteiger partial charge in [0.1, 0.15) is 11.3 Å². The fourth-order valence-electron chi connectivity index (χ4n) is 2.33. The van der Waals surface area contributed by atoms with Crippen molar-refractivity contribution >= 4 is 16.9 Å². The Bertz CT molecular complexity index is 976. The van der Waals surface area contributed by atoms with Crippen molar-refractivity contribution < 1.29 is 23.1 Å². The van der Waals surface area contributed by atoms with E-state index >= 15 is 0 Å². The summed E-state index contributed by atoms with van der Waals surface area (Å²) >= 11 is 0. The number of benzene rings is 2. The van der Waals surface area contributed by atoms with E-state index in [0.29, 0.717) is 5.56 Å². The summed E-state index contributed by atoms with van der Waals surface area (Å²) in [5.74, 6) is -3.11. The predicted molar refractivity (Wildman–Crippen MR) is 79.2 cm³/mol. The van der Waals surface area contributed by atoms with Gasteiger partial charge in [0.15, 0.2) is 17.1 Å². The van der Waals surface area contributed by atoms with Gasteiger partial charge in [-0.1, -0.05) is 12.1 Å². The molecular weight excluding hydrogens is 306 g/mol. The molecule has 0 radical (unpaired) electrons. The zero-order valence-electron chi connectivity index (χ0n) is 11.7. The molecule has 23 heavy (non-hydrogen) atoms. The average molecular weight is 316 g/mol. The molecule has 0 aliphatic heterocycles. The molecule has 0 aliphatic carbocycles. The number of aliphatic carboxylic acids is 1. The lowest BCUT2D eigenvalue weighted by atomic mass is 10.1. The topological polar surface area (TPSA) is 67.5 Å². The van der Waals surface area contributed by atoms with E-state index in [2.05, 4.69) is 0 Å². The first kappa shape index (κ1) is 14.9. The third-order valence-corrected chi connectivity index (χ3v) is 3.38. The second-order valence-corrected chi connectivity index (χ2v) is 4.97. The fraction of sp³-hybridized carbons (Fsp3) is 0.0588. The molecule has 6 heteroatoms. The van der Waals surface area contributed by atoms with Crippen molar-refractivity contribution in [3.8, 4) is 11.3 Å². The van der Waals surface area contributed by atoms with Crippen molar-refractivity contribution in [2.45, 2.75) is 6.42 Å². The number of halogens is 2. The van der Waals surface area contributed by atoms with Gasteiger partial charge in [0.25, 0.3) is 0 Å². The van der Waals surface area contributed by atoms with Crippen molar-refractivity contribution in [1.29, 1.82) is 0 Å². The lowest BCUT2D eigenvalue weighted by Crippen LogP contribution is -2.05. The lowest BCUT2D eigenvalue weighted by molar-refractivity contribution is -0.136. The maximum Gasteiger partial charge on any atom is 0.307 e. The van der Waals surface area contributed by atoms with Crippen LogP contribution in [0.4, 0.5) is 8.78 Å². The van der Waals surface area contributed by atoms with Gasteiger partial charge < -0.3 is 9.52 Å². The summed E-state index contributed by atoms with van der Waals surface area (Å²) < 4.78 is 32.0. The van der Waals surface area contributed by atoms with Crippen LogP contribution >= 0.6 is 0 Å². The molecule has 0 amide bonds. The molecule has 0 aliphatic rings. The molecule has 0 atom stereocenters. The molecule has 2 aromatic carbocycles. The summed E-state index contributed by atoms with van der Waals surface area (Å²) in [7, 11) is 0. The third-order valence-electron chi connectivity index (χ3n) is 3.38. The summed E-state index contributed by atoms with van der Waals surface area (Å²) in [4.78, 5) is 23.1. The summed E-state index contributed by atoms with van der Waals surface area (Å²) in [6.45, 7) is 0. The highest BCUT2D eigenvalue weighted by atomic mass is 19.2. The second-order valence-electron chi connectivity index (χ2n) is 4.97. The predicted octanol–water partition coefficient (Wildman–Crippen LogP) is 3.37. The minimum Gasteiger partial charge on any atom is -0.481 e. The smallest absolute Gasteiger partial charge is 0.307 e. The molecule has 3 rings (SSSR count). The van der Waals surface area contributed by atoms with E-state index in [1.807, 2.05) is 0 Å². The van der Waals surface area contributed by atoms with E-state index in [1.165, 1.54) is 24.3 Å². The minimum atomic E-state index is -1.07. The van der Waals surface area contributed by atoms with Crippen LogP contribution in [-0.2, 0) is 11.2 Å². The zero-order valence-corrected chi connectivity index (χ0v) is 11.7. The van der Waals surface area contributed by atoms with E-state index in [9.17, 15) is 18.4 Å². The van der Waals surface area contributed by atoms with Crippen LogP contribution in [0.1, 0.15) is 5.56 Å². The normalized spacial score (nSPS) is 10.9. The Morgan fingerprint density at radius 3 is 2.57 bits per heavy atom. The summed E-state index contributed by atoms with van der Waals surface area (Å²) in [6, 6.07) is 8.91. The highest BCUT2D eigenvalue weighted by Crippen LogP contribution is 2.25. The molecule has 0 bridgehead atoms. The standard InChI is InChI=1S/C17H10F2O4/c18-12-5-4-9(6-13(12)19)15-8-14(20)11-3-1-2-10(7-16(21)22)17(11)23-15/h1-6,8H,7H2,(H,21,22). The van der Waals surface area contributed by atoms with Gasteiger partial charge in [0, 0.05) is 17.2 Å². The molecule has 0 spiro atoms. The van der Waals surface area contributed by atoms with Crippen molar-refractivity contribution in [2.75, 3.05) is 0 Å². The van der Waals surface area contributed by atoms with E-state index in [4.69, 9.17) is 9.52 Å². The van der Waals surface area contributed by atoms with Gasteiger partial charge in [-0.3, -0.25) is 9.59 Å². The van der Waals surface area contributed by atoms with E-state index in [0.717, 1.165) is 12.1 Å². The van der Waals surface area contributed by atoms with Crippen LogP contribution in [0.2, 0.25) is 0 Å². The summed E-state index contributed by atoms with van der Waals surface area (Å²) in [6.07, 6.45) is -0.318. The van der Waals surface area contributed by atoms with Gasteiger partial charge in [-0.2, -0.15) is 0 Å². The van der Waals surface area contributed by atoms with Gasteiger partial charge in [0.2, 0.25) is 0 Å². The lowest BCUT2D eigenvalue weighted by Gasteiger charge is -2.07. The summed E-state index contributed by atoms with van der Waals surface area (Å²) in [5, 5.41) is 9.17. The number of carboxylic acid groups (broad SMARTS) is 1. The fourth-order valence-corrected chi connectivity index (χ4v) is 2.33. The van der Waals surface area contributed by atoms with Crippen LogP contribution in [0, 0.1) is 11.6 Å². The van der Waals surface area contributed by atoms with Crippen molar-refractivity contribution in [3.63, 3.8) is 0 Å². The maximum absolute atomic E-state index is 13.4. The molecule has 4 nitrogen and oxygen atoms in total. The summed E-state index contributed by atoms with van der Waals surface area (Å²) in [5.41, 5.74) is 0.255. The molecule has 116 valence electrons. The van der Waals surface area contributed by atoms with Gasteiger partial charge >= 0.3 is 5.97 Å². The van der Waals surface area contributed by atoms with Crippen molar-refractivity contribution in [2.24, 2.45) is 0 Å². The van der Waals surface area contributed by atoms with Gasteiger partial charge in [0.05, 0.1) is 11.8 Å². The van der Waals surface area contributed by atoms with E-state index in [1.54, 1.807) is 6.07 Å².